The first-order chi connectivity index (χ1) is 8.11. The van der Waals surface area contributed by atoms with Gasteiger partial charge in [-0.1, -0.05) is 24.3 Å². The molecular weight excluding hydrogens is 220 g/mol. The molecule has 90 valence electrons. The van der Waals surface area contributed by atoms with Crippen LogP contribution < -0.4 is 5.32 Å². The molecule has 0 atom stereocenters. The number of nitro groups is 1. The Kier molecular flexibility index (Phi) is 4.87. The van der Waals surface area contributed by atoms with Gasteiger partial charge < -0.3 is 5.32 Å². The van der Waals surface area contributed by atoms with Gasteiger partial charge in [0.25, 0.3) is 5.69 Å². The molecule has 5 nitrogen and oxygen atoms in total. The molecule has 0 heterocycles. The molecule has 0 fully saturated rings. The molecule has 0 aromatic heterocycles. The maximum atomic E-state index is 10.7. The van der Waals surface area contributed by atoms with Crippen LogP contribution in [0.3, 0.4) is 0 Å². The van der Waals surface area contributed by atoms with Gasteiger partial charge in [0.05, 0.1) is 10.5 Å². The SMILES string of the molecule is CC(=O)NCCC=Cc1ccccc1[N+](=O)[O-]. The van der Waals surface area contributed by atoms with Crippen LogP contribution in [0.2, 0.25) is 0 Å². The highest BCUT2D eigenvalue weighted by Gasteiger charge is 2.08. The summed E-state index contributed by atoms with van der Waals surface area (Å²) in [6.07, 6.45) is 4.14. The van der Waals surface area contributed by atoms with Gasteiger partial charge in [-0.3, -0.25) is 14.9 Å². The summed E-state index contributed by atoms with van der Waals surface area (Å²) < 4.78 is 0. The minimum Gasteiger partial charge on any atom is -0.356 e. The number of carbonyl (C=O) groups excluding carboxylic acids is 1. The fourth-order valence-corrected chi connectivity index (χ4v) is 1.34. The van der Waals surface area contributed by atoms with Crippen LogP contribution in [0, 0.1) is 10.1 Å². The van der Waals surface area contributed by atoms with Crippen molar-refractivity contribution in [2.75, 3.05) is 6.54 Å². The molecule has 0 aliphatic heterocycles. The molecule has 1 rings (SSSR count). The van der Waals surface area contributed by atoms with Crippen LogP contribution in [-0.4, -0.2) is 17.4 Å². The predicted molar refractivity (Wildman–Crippen MR) is 65.4 cm³/mol. The van der Waals surface area contributed by atoms with E-state index in [1.165, 1.54) is 13.0 Å². The summed E-state index contributed by atoms with van der Waals surface area (Å²) in [5.74, 6) is -0.0795. The Hall–Kier alpha value is -2.17. The monoisotopic (exact) mass is 234 g/mol. The molecule has 1 aromatic carbocycles. The average Bonchev–Trinajstić information content (AvgIpc) is 2.28. The van der Waals surface area contributed by atoms with Crippen molar-refractivity contribution in [3.63, 3.8) is 0 Å². The molecule has 5 heteroatoms. The molecule has 0 bridgehead atoms. The maximum Gasteiger partial charge on any atom is 0.276 e. The van der Waals surface area contributed by atoms with Crippen LogP contribution in [-0.2, 0) is 4.79 Å². The molecule has 0 spiro atoms. The fraction of sp³-hybridized carbons (Fsp3) is 0.250. The van der Waals surface area contributed by atoms with E-state index in [0.29, 0.717) is 18.5 Å². The molecule has 1 N–H and O–H groups in total. The second kappa shape index (κ2) is 6.42. The summed E-state index contributed by atoms with van der Waals surface area (Å²) in [6, 6.07) is 6.54. The zero-order valence-corrected chi connectivity index (χ0v) is 9.55. The van der Waals surface area contributed by atoms with Gasteiger partial charge in [-0.05, 0) is 12.5 Å². The van der Waals surface area contributed by atoms with E-state index in [1.807, 2.05) is 0 Å². The van der Waals surface area contributed by atoms with Crippen LogP contribution in [0.25, 0.3) is 6.08 Å². The summed E-state index contributed by atoms with van der Waals surface area (Å²) >= 11 is 0. The van der Waals surface area contributed by atoms with Crippen molar-refractivity contribution >= 4 is 17.7 Å². The zero-order chi connectivity index (χ0) is 12.7. The summed E-state index contributed by atoms with van der Waals surface area (Å²) in [5, 5.41) is 13.4. The van der Waals surface area contributed by atoms with Crippen molar-refractivity contribution in [3.05, 3.63) is 46.0 Å². The number of benzene rings is 1. The van der Waals surface area contributed by atoms with Gasteiger partial charge in [0.1, 0.15) is 0 Å². The van der Waals surface area contributed by atoms with Crippen LogP contribution in [0.5, 0.6) is 0 Å². The topological polar surface area (TPSA) is 72.2 Å². The van der Waals surface area contributed by atoms with Crippen molar-refractivity contribution in [1.29, 1.82) is 0 Å². The fourth-order valence-electron chi connectivity index (χ4n) is 1.34. The highest BCUT2D eigenvalue weighted by Crippen LogP contribution is 2.18. The minimum absolute atomic E-state index is 0.0795. The van der Waals surface area contributed by atoms with Gasteiger partial charge in [0, 0.05) is 19.5 Å². The van der Waals surface area contributed by atoms with Crippen molar-refractivity contribution in [2.45, 2.75) is 13.3 Å². The van der Waals surface area contributed by atoms with E-state index in [-0.39, 0.29) is 11.6 Å². The van der Waals surface area contributed by atoms with Gasteiger partial charge in [-0.25, -0.2) is 0 Å². The molecule has 0 aliphatic rings. The predicted octanol–water partition coefficient (Wildman–Crippen LogP) is 2.13. The van der Waals surface area contributed by atoms with Crippen LogP contribution >= 0.6 is 0 Å². The Morgan fingerprint density at radius 2 is 2.18 bits per heavy atom. The molecule has 0 unspecified atom stereocenters. The Morgan fingerprint density at radius 1 is 1.47 bits per heavy atom. The lowest BCUT2D eigenvalue weighted by molar-refractivity contribution is -0.385. The highest BCUT2D eigenvalue weighted by atomic mass is 16.6. The highest BCUT2D eigenvalue weighted by molar-refractivity contribution is 5.72. The molecule has 17 heavy (non-hydrogen) atoms. The Balaban J connectivity index is 2.59. The summed E-state index contributed by atoms with van der Waals surface area (Å²) in [4.78, 5) is 20.9. The van der Waals surface area contributed by atoms with Gasteiger partial charge in [-0.15, -0.1) is 0 Å². The first kappa shape index (κ1) is 12.9. The molecule has 1 amide bonds. The van der Waals surface area contributed by atoms with E-state index in [1.54, 1.807) is 30.4 Å². The molecule has 1 aromatic rings. The molecule has 0 aliphatic carbocycles. The Morgan fingerprint density at radius 3 is 2.82 bits per heavy atom. The number of nitrogens with zero attached hydrogens (tertiary/aromatic N) is 1. The Bertz CT molecular complexity index is 441. The van der Waals surface area contributed by atoms with Crippen LogP contribution in [0.1, 0.15) is 18.9 Å². The zero-order valence-electron chi connectivity index (χ0n) is 9.55. The number of hydrogen-bond acceptors (Lipinski definition) is 3. The standard InChI is InChI=1S/C12H14N2O3/c1-10(15)13-9-5-4-7-11-6-2-3-8-12(11)14(16)17/h2-4,6-8H,5,9H2,1H3,(H,13,15). The van der Waals surface area contributed by atoms with E-state index >= 15 is 0 Å². The number of hydrogen-bond donors (Lipinski definition) is 1. The lowest BCUT2D eigenvalue weighted by Crippen LogP contribution is -2.20. The third-order valence-electron chi connectivity index (χ3n) is 2.12. The van der Waals surface area contributed by atoms with Gasteiger partial charge >= 0.3 is 0 Å². The average molecular weight is 234 g/mol. The number of amides is 1. The van der Waals surface area contributed by atoms with Crippen LogP contribution in [0.4, 0.5) is 5.69 Å². The molecule has 0 radical (unpaired) electrons. The number of rotatable bonds is 5. The van der Waals surface area contributed by atoms with Crippen LogP contribution in [0.15, 0.2) is 30.3 Å². The smallest absolute Gasteiger partial charge is 0.276 e. The van der Waals surface area contributed by atoms with E-state index < -0.39 is 4.92 Å². The van der Waals surface area contributed by atoms with Gasteiger partial charge in [0.2, 0.25) is 5.91 Å². The summed E-state index contributed by atoms with van der Waals surface area (Å²) in [7, 11) is 0. The number of nitro benzene ring substituents is 1. The quantitative estimate of drug-likeness (QED) is 0.482. The Labute approximate surface area is 99.3 Å². The minimum atomic E-state index is -0.409. The van der Waals surface area contributed by atoms with E-state index in [2.05, 4.69) is 5.32 Å². The first-order valence-electron chi connectivity index (χ1n) is 5.25. The lowest BCUT2D eigenvalue weighted by atomic mass is 10.1. The van der Waals surface area contributed by atoms with E-state index in [0.717, 1.165) is 0 Å². The molecule has 0 saturated heterocycles. The first-order valence-corrected chi connectivity index (χ1v) is 5.25. The normalized spacial score (nSPS) is 10.4. The van der Waals surface area contributed by atoms with E-state index in [4.69, 9.17) is 0 Å². The number of carbonyl (C=O) groups is 1. The second-order valence-corrected chi connectivity index (χ2v) is 3.49. The molecular formula is C12H14N2O3. The summed E-state index contributed by atoms with van der Waals surface area (Å²) in [6.45, 7) is 1.98. The van der Waals surface area contributed by atoms with Crippen molar-refractivity contribution in [2.24, 2.45) is 0 Å². The third-order valence-corrected chi connectivity index (χ3v) is 2.12. The van der Waals surface area contributed by atoms with Crippen molar-refractivity contribution < 1.29 is 9.72 Å². The third kappa shape index (κ3) is 4.46. The maximum absolute atomic E-state index is 10.7. The summed E-state index contributed by atoms with van der Waals surface area (Å²) in [5.41, 5.74) is 0.656. The largest absolute Gasteiger partial charge is 0.356 e. The lowest BCUT2D eigenvalue weighted by Gasteiger charge is -1.98. The number of nitrogens with one attached hydrogen (secondary N) is 1. The molecule has 0 saturated carbocycles. The second-order valence-electron chi connectivity index (χ2n) is 3.49. The van der Waals surface area contributed by atoms with Crippen molar-refractivity contribution in [3.8, 4) is 0 Å². The van der Waals surface area contributed by atoms with E-state index in [9.17, 15) is 14.9 Å². The van der Waals surface area contributed by atoms with Crippen molar-refractivity contribution in [1.82, 2.24) is 5.32 Å². The van der Waals surface area contributed by atoms with Gasteiger partial charge in [-0.2, -0.15) is 0 Å². The number of para-hydroxylation sites is 1. The van der Waals surface area contributed by atoms with Gasteiger partial charge in [0.15, 0.2) is 0 Å².